The van der Waals surface area contributed by atoms with Crippen LogP contribution in [0.5, 0.6) is 5.75 Å². The van der Waals surface area contributed by atoms with E-state index in [1.54, 1.807) is 0 Å². The fraction of sp³-hybridized carbons (Fsp3) is 0.444. The Labute approximate surface area is 238 Å². The zero-order valence-electron chi connectivity index (χ0n) is 24.4. The molecule has 0 N–H and O–H groups in total. The van der Waals surface area contributed by atoms with Crippen molar-refractivity contribution in [3.63, 3.8) is 0 Å². The number of ether oxygens (including phenoxy) is 1. The van der Waals surface area contributed by atoms with Gasteiger partial charge in [-0.1, -0.05) is 43.3 Å². The summed E-state index contributed by atoms with van der Waals surface area (Å²) >= 11 is 0. The van der Waals surface area contributed by atoms with Crippen LogP contribution in [0.3, 0.4) is 0 Å². The van der Waals surface area contributed by atoms with Crippen LogP contribution in [0.4, 0.5) is 0 Å². The number of rotatable bonds is 12. The van der Waals surface area contributed by atoms with Gasteiger partial charge < -0.3 is 14.6 Å². The van der Waals surface area contributed by atoms with E-state index in [1.165, 1.54) is 50.1 Å². The third kappa shape index (κ3) is 5.87. The number of hydrogen-bond donors (Lipinski definition) is 0. The number of aliphatic carboxylic acids is 1. The fourth-order valence-corrected chi connectivity index (χ4v) is 6.89. The lowest BCUT2D eigenvalue weighted by Gasteiger charge is -2.20. The Morgan fingerprint density at radius 3 is 2.42 bits per heavy atom. The van der Waals surface area contributed by atoms with Crippen molar-refractivity contribution in [2.45, 2.75) is 91.4 Å². The molecule has 1 fully saturated rings. The molecule has 3 aromatic carbocycles. The standard InChI is InChI=1S/C36H42O4/c1-5-29(37)9-7-17-40-30-18-23(2)35(24(3)19-30)31-10-6-8-27(25(31)4)13-11-26-12-14-32-28(20-26)22-36(15-16-36)33(32)21-34(38)39/h6,8,10,12,14,18-20,33H,5,7,9,11,13,15-17,21-22H2,1-4H3,(H,38,39)/p-1. The molecule has 1 saturated carbocycles. The number of fused-ring (bicyclic) bond motifs is 1. The highest BCUT2D eigenvalue weighted by Crippen LogP contribution is 2.64. The minimum absolute atomic E-state index is 0.119. The van der Waals surface area contributed by atoms with Crippen LogP contribution in [0.1, 0.15) is 90.3 Å². The third-order valence-corrected chi connectivity index (χ3v) is 9.30. The molecule has 1 spiro atoms. The first-order valence-electron chi connectivity index (χ1n) is 14.9. The van der Waals surface area contributed by atoms with Crippen LogP contribution in [0.25, 0.3) is 11.1 Å². The lowest BCUT2D eigenvalue weighted by Crippen LogP contribution is -2.26. The van der Waals surface area contributed by atoms with Gasteiger partial charge in [0.15, 0.2) is 0 Å². The number of benzene rings is 3. The number of carboxylic acid groups (broad SMARTS) is 1. The Balaban J connectivity index is 1.28. The lowest BCUT2D eigenvalue weighted by molar-refractivity contribution is -0.306. The first-order valence-corrected chi connectivity index (χ1v) is 14.9. The Kier molecular flexibility index (Phi) is 8.16. The summed E-state index contributed by atoms with van der Waals surface area (Å²) in [4.78, 5) is 22.9. The molecule has 4 heteroatoms. The van der Waals surface area contributed by atoms with Crippen molar-refractivity contribution < 1.29 is 19.4 Å². The Morgan fingerprint density at radius 1 is 1.00 bits per heavy atom. The third-order valence-electron chi connectivity index (χ3n) is 9.30. The van der Waals surface area contributed by atoms with Crippen molar-refractivity contribution in [1.29, 1.82) is 0 Å². The van der Waals surface area contributed by atoms with E-state index in [4.69, 9.17) is 4.74 Å². The average Bonchev–Trinajstić information content (AvgIpc) is 3.63. The van der Waals surface area contributed by atoms with Crippen LogP contribution >= 0.6 is 0 Å². The number of Topliss-reactive ketones (excluding diaryl/α,β-unsaturated/α-hetero) is 1. The van der Waals surface area contributed by atoms with Crippen molar-refractivity contribution in [2.75, 3.05) is 6.61 Å². The van der Waals surface area contributed by atoms with Gasteiger partial charge in [0.1, 0.15) is 11.5 Å². The molecule has 0 bridgehead atoms. The summed E-state index contributed by atoms with van der Waals surface area (Å²) in [5.41, 5.74) is 11.7. The van der Waals surface area contributed by atoms with Crippen LogP contribution in [0, 0.1) is 26.2 Å². The molecule has 210 valence electrons. The maximum absolute atomic E-state index is 11.6. The van der Waals surface area contributed by atoms with Gasteiger partial charge in [-0.2, -0.15) is 0 Å². The number of carbonyl (C=O) groups excluding carboxylic acids is 2. The molecule has 0 radical (unpaired) electrons. The lowest BCUT2D eigenvalue weighted by atomic mass is 9.86. The molecule has 0 saturated heterocycles. The van der Waals surface area contributed by atoms with Gasteiger partial charge in [-0.3, -0.25) is 4.79 Å². The molecule has 5 rings (SSSR count). The highest BCUT2D eigenvalue weighted by atomic mass is 16.5. The molecule has 2 aliphatic rings. The van der Waals surface area contributed by atoms with Crippen LogP contribution in [-0.4, -0.2) is 18.4 Å². The number of hydrogen-bond acceptors (Lipinski definition) is 4. The molecule has 1 atom stereocenters. The second-order valence-corrected chi connectivity index (χ2v) is 12.1. The van der Waals surface area contributed by atoms with Gasteiger partial charge >= 0.3 is 0 Å². The van der Waals surface area contributed by atoms with E-state index in [-0.39, 0.29) is 23.5 Å². The summed E-state index contributed by atoms with van der Waals surface area (Å²) in [7, 11) is 0. The molecule has 2 aliphatic carbocycles. The van der Waals surface area contributed by atoms with E-state index in [2.05, 4.69) is 69.3 Å². The van der Waals surface area contributed by atoms with E-state index >= 15 is 0 Å². The smallest absolute Gasteiger partial charge is 0.132 e. The molecule has 1 unspecified atom stereocenters. The van der Waals surface area contributed by atoms with Gasteiger partial charge in [-0.15, -0.1) is 0 Å². The van der Waals surface area contributed by atoms with Crippen molar-refractivity contribution in [1.82, 2.24) is 0 Å². The van der Waals surface area contributed by atoms with Crippen LogP contribution in [0.15, 0.2) is 48.5 Å². The monoisotopic (exact) mass is 537 g/mol. The van der Waals surface area contributed by atoms with Crippen molar-refractivity contribution in [2.24, 2.45) is 5.41 Å². The molecule has 3 aromatic rings. The Morgan fingerprint density at radius 2 is 1.75 bits per heavy atom. The van der Waals surface area contributed by atoms with Gasteiger partial charge in [0.25, 0.3) is 0 Å². The predicted molar refractivity (Wildman–Crippen MR) is 158 cm³/mol. The van der Waals surface area contributed by atoms with Crippen molar-refractivity contribution in [3.8, 4) is 16.9 Å². The van der Waals surface area contributed by atoms with Crippen molar-refractivity contribution in [3.05, 3.63) is 87.5 Å². The Bertz CT molecular complexity index is 1410. The van der Waals surface area contributed by atoms with E-state index in [0.717, 1.165) is 44.3 Å². The summed E-state index contributed by atoms with van der Waals surface area (Å²) in [6, 6.07) is 17.6. The van der Waals surface area contributed by atoms with E-state index in [0.29, 0.717) is 19.4 Å². The molecule has 0 aromatic heterocycles. The van der Waals surface area contributed by atoms with Gasteiger partial charge in [0, 0.05) is 18.8 Å². The summed E-state index contributed by atoms with van der Waals surface area (Å²) < 4.78 is 5.98. The summed E-state index contributed by atoms with van der Waals surface area (Å²) in [5.74, 6) is 0.333. The highest BCUT2D eigenvalue weighted by Gasteiger charge is 2.53. The molecular formula is C36H41O4-. The zero-order chi connectivity index (χ0) is 28.4. The van der Waals surface area contributed by atoms with Crippen LogP contribution in [0.2, 0.25) is 0 Å². The first kappa shape index (κ1) is 28.1. The largest absolute Gasteiger partial charge is 0.550 e. The van der Waals surface area contributed by atoms with Gasteiger partial charge in [0.05, 0.1) is 6.61 Å². The van der Waals surface area contributed by atoms with E-state index in [1.807, 2.05) is 6.92 Å². The Hall–Kier alpha value is -3.40. The first-order chi connectivity index (χ1) is 19.2. The predicted octanol–water partition coefficient (Wildman–Crippen LogP) is 6.76. The van der Waals surface area contributed by atoms with Crippen LogP contribution in [-0.2, 0) is 28.9 Å². The maximum Gasteiger partial charge on any atom is 0.132 e. The van der Waals surface area contributed by atoms with E-state index < -0.39 is 5.97 Å². The highest BCUT2D eigenvalue weighted by molar-refractivity contribution is 5.78. The molecule has 0 heterocycles. The quantitative estimate of drug-likeness (QED) is 0.239. The van der Waals surface area contributed by atoms with Gasteiger partial charge in [-0.25, -0.2) is 0 Å². The topological polar surface area (TPSA) is 66.4 Å². The summed E-state index contributed by atoms with van der Waals surface area (Å²) in [6.45, 7) is 8.97. The zero-order valence-corrected chi connectivity index (χ0v) is 24.4. The normalized spacial score (nSPS) is 16.6. The van der Waals surface area contributed by atoms with Gasteiger partial charge in [0.2, 0.25) is 0 Å². The van der Waals surface area contributed by atoms with Gasteiger partial charge in [-0.05, 0) is 139 Å². The average molecular weight is 538 g/mol. The fourth-order valence-electron chi connectivity index (χ4n) is 6.89. The SMILES string of the molecule is CCC(=O)CCCOc1cc(C)c(-c2cccc(CCc3ccc4c(c3)CC3(CC3)C4CC(=O)[O-])c2C)c(C)c1. The molecule has 40 heavy (non-hydrogen) atoms. The van der Waals surface area contributed by atoms with Crippen LogP contribution < -0.4 is 9.84 Å². The molecule has 0 aliphatic heterocycles. The second-order valence-electron chi connectivity index (χ2n) is 12.1. The molecule has 4 nitrogen and oxygen atoms in total. The minimum atomic E-state index is -0.934. The number of carboxylic acids is 1. The molecule has 0 amide bonds. The van der Waals surface area contributed by atoms with E-state index in [9.17, 15) is 14.7 Å². The minimum Gasteiger partial charge on any atom is -0.550 e. The number of ketones is 1. The summed E-state index contributed by atoms with van der Waals surface area (Å²) in [5, 5.41) is 11.4. The maximum atomic E-state index is 11.6. The summed E-state index contributed by atoms with van der Waals surface area (Å²) in [6.07, 6.45) is 7.25. The molecular weight excluding hydrogens is 496 g/mol. The number of carbonyl (C=O) groups is 2. The number of aryl methyl sites for hydroxylation is 4. The van der Waals surface area contributed by atoms with Crippen molar-refractivity contribution >= 4 is 11.8 Å². The second kappa shape index (κ2) is 11.6.